The Balaban J connectivity index is 2.24. The predicted molar refractivity (Wildman–Crippen MR) is 76.4 cm³/mol. The second-order valence-electron chi connectivity index (χ2n) is 5.78. The van der Waals surface area contributed by atoms with Gasteiger partial charge in [-0.2, -0.15) is 0 Å². The minimum atomic E-state index is -0.369. The lowest BCUT2D eigenvalue weighted by Crippen LogP contribution is -2.42. The van der Waals surface area contributed by atoms with Crippen molar-refractivity contribution in [3.63, 3.8) is 0 Å². The Morgan fingerprint density at radius 3 is 2.79 bits per heavy atom. The number of aryl methyl sites for hydroxylation is 1. The molecule has 104 valence electrons. The van der Waals surface area contributed by atoms with Crippen molar-refractivity contribution >= 4 is 5.91 Å². The van der Waals surface area contributed by atoms with E-state index in [4.69, 9.17) is 0 Å². The van der Waals surface area contributed by atoms with Gasteiger partial charge in [-0.15, -0.1) is 0 Å². The first-order valence-corrected chi connectivity index (χ1v) is 7.07. The van der Waals surface area contributed by atoms with E-state index >= 15 is 0 Å². The minimum Gasteiger partial charge on any atom is -0.391 e. The molecule has 1 fully saturated rings. The van der Waals surface area contributed by atoms with Crippen LogP contribution in [0.25, 0.3) is 0 Å². The molecule has 1 amide bonds. The number of carbonyl (C=O) groups is 1. The molecule has 1 saturated heterocycles. The fourth-order valence-electron chi connectivity index (χ4n) is 2.54. The molecular weight excluding hydrogens is 238 g/mol. The van der Waals surface area contributed by atoms with Gasteiger partial charge in [0.1, 0.15) is 0 Å². The molecule has 0 radical (unpaired) electrons. The Labute approximate surface area is 115 Å². The van der Waals surface area contributed by atoms with E-state index in [2.05, 4.69) is 19.9 Å². The normalized spacial score (nSPS) is 19.8. The van der Waals surface area contributed by atoms with Crippen LogP contribution in [0.4, 0.5) is 0 Å². The number of nitrogens with zero attached hydrogens (tertiary/aromatic N) is 1. The lowest BCUT2D eigenvalue weighted by molar-refractivity contribution is 0.0473. The molecule has 1 heterocycles. The van der Waals surface area contributed by atoms with Crippen LogP contribution >= 0.6 is 0 Å². The van der Waals surface area contributed by atoms with Gasteiger partial charge >= 0.3 is 0 Å². The molecule has 1 unspecified atom stereocenters. The molecular formula is C16H23NO2. The van der Waals surface area contributed by atoms with Crippen LogP contribution in [-0.2, 0) is 0 Å². The van der Waals surface area contributed by atoms with Crippen LogP contribution in [0, 0.1) is 6.92 Å². The smallest absolute Gasteiger partial charge is 0.254 e. The number of hydrogen-bond donors (Lipinski definition) is 1. The third-order valence-electron chi connectivity index (χ3n) is 3.84. The van der Waals surface area contributed by atoms with Gasteiger partial charge in [0.2, 0.25) is 0 Å². The first-order valence-electron chi connectivity index (χ1n) is 7.07. The lowest BCUT2D eigenvalue weighted by atomic mass is 9.96. The summed E-state index contributed by atoms with van der Waals surface area (Å²) in [7, 11) is 0. The van der Waals surface area contributed by atoms with Crippen LogP contribution in [-0.4, -0.2) is 35.1 Å². The van der Waals surface area contributed by atoms with Crippen molar-refractivity contribution in [2.24, 2.45) is 0 Å². The molecule has 0 saturated carbocycles. The summed E-state index contributed by atoms with van der Waals surface area (Å²) in [4.78, 5) is 14.3. The zero-order valence-corrected chi connectivity index (χ0v) is 12.0. The van der Waals surface area contributed by atoms with Gasteiger partial charge in [-0.1, -0.05) is 26.0 Å². The van der Waals surface area contributed by atoms with Crippen LogP contribution in [0.5, 0.6) is 0 Å². The Hall–Kier alpha value is -1.35. The molecule has 0 bridgehead atoms. The summed E-state index contributed by atoms with van der Waals surface area (Å²) in [6.07, 6.45) is 1.32. The number of amides is 1. The molecule has 2 rings (SSSR count). The zero-order chi connectivity index (χ0) is 14.0. The number of likely N-dealkylation sites (tertiary alicyclic amines) is 1. The van der Waals surface area contributed by atoms with Gasteiger partial charge < -0.3 is 10.0 Å². The molecule has 0 aromatic heterocycles. The number of aliphatic hydroxyl groups excluding tert-OH is 1. The largest absolute Gasteiger partial charge is 0.391 e. The average molecular weight is 261 g/mol. The molecule has 1 aliphatic heterocycles. The highest BCUT2D eigenvalue weighted by atomic mass is 16.3. The lowest BCUT2D eigenvalue weighted by Gasteiger charge is -2.30. The van der Waals surface area contributed by atoms with Crippen LogP contribution in [0.1, 0.15) is 54.1 Å². The van der Waals surface area contributed by atoms with Crippen LogP contribution < -0.4 is 0 Å². The van der Waals surface area contributed by atoms with Crippen molar-refractivity contribution in [3.05, 3.63) is 34.9 Å². The van der Waals surface area contributed by atoms with Crippen molar-refractivity contribution in [2.75, 3.05) is 13.1 Å². The summed E-state index contributed by atoms with van der Waals surface area (Å²) in [5, 5.41) is 9.69. The quantitative estimate of drug-likeness (QED) is 0.889. The monoisotopic (exact) mass is 261 g/mol. The number of benzene rings is 1. The maximum atomic E-state index is 12.6. The number of rotatable bonds is 2. The molecule has 1 N–H and O–H groups in total. The topological polar surface area (TPSA) is 40.5 Å². The second-order valence-corrected chi connectivity index (χ2v) is 5.78. The van der Waals surface area contributed by atoms with E-state index in [1.54, 1.807) is 4.90 Å². The third-order valence-corrected chi connectivity index (χ3v) is 3.84. The van der Waals surface area contributed by atoms with Gasteiger partial charge in [0.15, 0.2) is 0 Å². The van der Waals surface area contributed by atoms with Crippen molar-refractivity contribution in [3.8, 4) is 0 Å². The van der Waals surface area contributed by atoms with E-state index in [0.717, 1.165) is 30.5 Å². The molecule has 0 aliphatic carbocycles. The Morgan fingerprint density at radius 1 is 1.42 bits per heavy atom. The standard InChI is InChI=1S/C16H23NO2/c1-11(2)13-7-6-12(3)15(9-13)16(19)17-8-4-5-14(18)10-17/h6-7,9,11,14,18H,4-5,8,10H2,1-3H3. The molecule has 0 spiro atoms. The molecule has 3 heteroatoms. The molecule has 3 nitrogen and oxygen atoms in total. The summed E-state index contributed by atoms with van der Waals surface area (Å²) in [5.74, 6) is 0.470. The summed E-state index contributed by atoms with van der Waals surface area (Å²) in [6.45, 7) is 7.44. The van der Waals surface area contributed by atoms with E-state index in [1.165, 1.54) is 5.56 Å². The van der Waals surface area contributed by atoms with Crippen molar-refractivity contribution in [2.45, 2.75) is 45.6 Å². The highest BCUT2D eigenvalue weighted by Crippen LogP contribution is 2.21. The molecule has 1 aromatic rings. The average Bonchev–Trinajstić information content (AvgIpc) is 2.38. The molecule has 1 atom stereocenters. The first-order chi connectivity index (χ1) is 8.99. The minimum absolute atomic E-state index is 0.0544. The summed E-state index contributed by atoms with van der Waals surface area (Å²) < 4.78 is 0. The van der Waals surface area contributed by atoms with Crippen LogP contribution in [0.2, 0.25) is 0 Å². The predicted octanol–water partition coefficient (Wildman–Crippen LogP) is 2.72. The molecule has 19 heavy (non-hydrogen) atoms. The number of aliphatic hydroxyl groups is 1. The first kappa shape index (κ1) is 14.1. The zero-order valence-electron chi connectivity index (χ0n) is 12.0. The Kier molecular flexibility index (Phi) is 4.25. The van der Waals surface area contributed by atoms with Gasteiger partial charge in [0.25, 0.3) is 5.91 Å². The number of carbonyl (C=O) groups excluding carboxylic acids is 1. The number of β-amino-alcohol motifs (C(OH)–C–C–N with tert-alkyl or cyclic N) is 1. The van der Waals surface area contributed by atoms with E-state index in [9.17, 15) is 9.90 Å². The highest BCUT2D eigenvalue weighted by molar-refractivity contribution is 5.96. The Bertz CT molecular complexity index is 468. The van der Waals surface area contributed by atoms with Gasteiger partial charge in [-0.05, 0) is 42.9 Å². The summed E-state index contributed by atoms with van der Waals surface area (Å²) in [5.41, 5.74) is 2.97. The molecule has 1 aromatic carbocycles. The van der Waals surface area contributed by atoms with Crippen LogP contribution in [0.15, 0.2) is 18.2 Å². The molecule has 1 aliphatic rings. The van der Waals surface area contributed by atoms with E-state index in [0.29, 0.717) is 12.5 Å². The maximum absolute atomic E-state index is 12.6. The van der Waals surface area contributed by atoms with E-state index in [-0.39, 0.29) is 12.0 Å². The summed E-state index contributed by atoms with van der Waals surface area (Å²) in [6, 6.07) is 6.11. The fraction of sp³-hybridized carbons (Fsp3) is 0.562. The van der Waals surface area contributed by atoms with Crippen molar-refractivity contribution in [1.29, 1.82) is 0 Å². The summed E-state index contributed by atoms with van der Waals surface area (Å²) >= 11 is 0. The SMILES string of the molecule is Cc1ccc(C(C)C)cc1C(=O)N1CCCC(O)C1. The van der Waals surface area contributed by atoms with Crippen LogP contribution in [0.3, 0.4) is 0 Å². The van der Waals surface area contributed by atoms with Gasteiger partial charge in [-0.25, -0.2) is 0 Å². The maximum Gasteiger partial charge on any atom is 0.254 e. The van der Waals surface area contributed by atoms with Gasteiger partial charge in [0.05, 0.1) is 6.10 Å². The number of hydrogen-bond acceptors (Lipinski definition) is 2. The van der Waals surface area contributed by atoms with E-state index < -0.39 is 0 Å². The van der Waals surface area contributed by atoms with Crippen molar-refractivity contribution < 1.29 is 9.90 Å². The fourth-order valence-corrected chi connectivity index (χ4v) is 2.54. The Morgan fingerprint density at radius 2 is 2.16 bits per heavy atom. The van der Waals surface area contributed by atoms with Crippen molar-refractivity contribution in [1.82, 2.24) is 4.90 Å². The highest BCUT2D eigenvalue weighted by Gasteiger charge is 2.24. The van der Waals surface area contributed by atoms with E-state index in [1.807, 2.05) is 19.1 Å². The second kappa shape index (κ2) is 5.74. The van der Waals surface area contributed by atoms with Gasteiger partial charge in [0, 0.05) is 18.7 Å². The third kappa shape index (κ3) is 3.16. The number of piperidine rings is 1. The van der Waals surface area contributed by atoms with Gasteiger partial charge in [-0.3, -0.25) is 4.79 Å².